The van der Waals surface area contributed by atoms with E-state index < -0.39 is 34.4 Å². The van der Waals surface area contributed by atoms with Gasteiger partial charge < -0.3 is 19.9 Å². The zero-order valence-corrected chi connectivity index (χ0v) is 15.7. The average Bonchev–Trinajstić information content (AvgIpc) is 2.98. The third-order valence-electron chi connectivity index (χ3n) is 4.79. The van der Waals surface area contributed by atoms with Crippen molar-refractivity contribution in [3.8, 4) is 0 Å². The summed E-state index contributed by atoms with van der Waals surface area (Å²) in [6, 6.07) is 12.6. The number of hydrogen-bond acceptors (Lipinski definition) is 7. The molecule has 3 rings (SSSR count). The quantitative estimate of drug-likeness (QED) is 0.240. The van der Waals surface area contributed by atoms with Crippen LogP contribution in [-0.4, -0.2) is 39.1 Å². The van der Waals surface area contributed by atoms with Gasteiger partial charge in [0.05, 0.1) is 16.5 Å². The number of nitro benzene ring substituents is 1. The number of likely N-dealkylation sites (tertiary alicyclic amines) is 1. The first-order valence-corrected chi connectivity index (χ1v) is 9.09. The Hall–Kier alpha value is -4.01. The molecule has 1 fully saturated rings. The number of benzene rings is 2. The number of carbonyl (C=O) groups is 3. The van der Waals surface area contributed by atoms with Gasteiger partial charge in [-0.2, -0.15) is 0 Å². The molecule has 0 spiro atoms. The largest absolute Gasteiger partial charge is 0.550 e. The number of carbonyl (C=O) groups excluding carboxylic acids is 3. The van der Waals surface area contributed by atoms with Crippen molar-refractivity contribution < 1.29 is 29.5 Å². The Morgan fingerprint density at radius 1 is 1.07 bits per heavy atom. The Morgan fingerprint density at radius 3 is 2.27 bits per heavy atom. The Labute approximate surface area is 171 Å². The van der Waals surface area contributed by atoms with Gasteiger partial charge in [-0.3, -0.25) is 19.7 Å². The molecule has 30 heavy (non-hydrogen) atoms. The van der Waals surface area contributed by atoms with E-state index in [2.05, 4.69) is 0 Å². The number of non-ortho nitro benzene ring substituents is 1. The maximum Gasteiger partial charge on any atom is 0.295 e. The molecular weight excluding hydrogens is 392 g/mol. The summed E-state index contributed by atoms with van der Waals surface area (Å²) in [6.45, 7) is -0.0187. The molecule has 2 aromatic rings. The lowest BCUT2D eigenvalue weighted by molar-refractivity contribution is -0.384. The number of carboxylic acid groups (broad SMARTS) is 1. The summed E-state index contributed by atoms with van der Waals surface area (Å²) in [5.74, 6) is -3.49. The van der Waals surface area contributed by atoms with Gasteiger partial charge in [-0.05, 0) is 30.5 Å². The van der Waals surface area contributed by atoms with Crippen LogP contribution in [0.3, 0.4) is 0 Å². The molecule has 9 nitrogen and oxygen atoms in total. The van der Waals surface area contributed by atoms with Gasteiger partial charge in [0.25, 0.3) is 17.4 Å². The van der Waals surface area contributed by atoms with Gasteiger partial charge in [-0.25, -0.2) is 0 Å². The van der Waals surface area contributed by atoms with Gasteiger partial charge in [0.15, 0.2) is 0 Å². The lowest BCUT2D eigenvalue weighted by Gasteiger charge is -2.25. The molecule has 1 amide bonds. The molecule has 0 aromatic heterocycles. The van der Waals surface area contributed by atoms with Crippen LogP contribution < -0.4 is 5.11 Å². The molecule has 0 saturated carbocycles. The van der Waals surface area contributed by atoms with Gasteiger partial charge in [0, 0.05) is 30.2 Å². The zero-order chi connectivity index (χ0) is 21.8. The molecule has 1 saturated heterocycles. The first kappa shape index (κ1) is 20.7. The predicted molar refractivity (Wildman–Crippen MR) is 103 cm³/mol. The average molecular weight is 409 g/mol. The fourth-order valence-corrected chi connectivity index (χ4v) is 3.38. The first-order chi connectivity index (χ1) is 14.3. The Kier molecular flexibility index (Phi) is 5.91. The normalized spacial score (nSPS) is 17.9. The van der Waals surface area contributed by atoms with Crippen molar-refractivity contribution in [1.29, 1.82) is 0 Å². The Morgan fingerprint density at radius 2 is 1.70 bits per heavy atom. The number of hydrogen-bond donors (Lipinski definition) is 1. The molecule has 0 bridgehead atoms. The topological polar surface area (TPSA) is 141 Å². The van der Waals surface area contributed by atoms with Crippen LogP contribution in [0.5, 0.6) is 0 Å². The van der Waals surface area contributed by atoms with E-state index in [0.29, 0.717) is 5.56 Å². The van der Waals surface area contributed by atoms with Crippen molar-refractivity contribution in [3.05, 3.63) is 81.4 Å². The van der Waals surface area contributed by atoms with Gasteiger partial charge in [-0.1, -0.05) is 30.3 Å². The van der Waals surface area contributed by atoms with Crippen LogP contribution in [0, 0.1) is 10.1 Å². The number of rotatable bonds is 7. The number of Topliss-reactive ketones (excluding diaryl/α,β-unsaturated/α-hetero) is 1. The third-order valence-corrected chi connectivity index (χ3v) is 4.79. The number of nitrogens with zero attached hydrogens (tertiary/aromatic N) is 2. The standard InChI is InChI=1S/C21H18N2O7/c24-16(25)7-4-12-22-18(13-5-2-1-3-6-13)17(20(27)21(22)28)19(26)14-8-10-15(11-9-14)23(29)30/h1-3,5-6,8-11,18,26H,4,7,12H2,(H,24,25)/p-1/b19-17+/t18-/m1/s1. The highest BCUT2D eigenvalue weighted by molar-refractivity contribution is 6.46. The van der Waals surface area contributed by atoms with Gasteiger partial charge in [-0.15, -0.1) is 0 Å². The summed E-state index contributed by atoms with van der Waals surface area (Å²) in [5, 5.41) is 32.4. The fraction of sp³-hybridized carbons (Fsp3) is 0.190. The van der Waals surface area contributed by atoms with Crippen LogP contribution in [0.2, 0.25) is 0 Å². The van der Waals surface area contributed by atoms with E-state index >= 15 is 0 Å². The summed E-state index contributed by atoms with van der Waals surface area (Å²) in [7, 11) is 0. The highest BCUT2D eigenvalue weighted by Gasteiger charge is 2.45. The van der Waals surface area contributed by atoms with Gasteiger partial charge in [0.2, 0.25) is 0 Å². The molecular formula is C21H17N2O7-. The van der Waals surface area contributed by atoms with Crippen molar-refractivity contribution >= 4 is 29.1 Å². The summed E-state index contributed by atoms with van der Waals surface area (Å²) in [5.41, 5.74) is 0.366. The summed E-state index contributed by atoms with van der Waals surface area (Å²) >= 11 is 0. The lowest BCUT2D eigenvalue weighted by Crippen LogP contribution is -2.32. The smallest absolute Gasteiger partial charge is 0.295 e. The molecule has 1 atom stereocenters. The second-order valence-corrected chi connectivity index (χ2v) is 6.68. The minimum Gasteiger partial charge on any atom is -0.550 e. The molecule has 154 valence electrons. The van der Waals surface area contributed by atoms with Crippen LogP contribution in [-0.2, 0) is 14.4 Å². The van der Waals surface area contributed by atoms with E-state index in [1.807, 2.05) is 0 Å². The Balaban J connectivity index is 2.06. The number of aliphatic carboxylic acids is 1. The molecule has 0 aliphatic carbocycles. The fourth-order valence-electron chi connectivity index (χ4n) is 3.38. The second-order valence-electron chi connectivity index (χ2n) is 6.68. The van der Waals surface area contributed by atoms with Crippen LogP contribution >= 0.6 is 0 Å². The van der Waals surface area contributed by atoms with Crippen molar-refractivity contribution in [2.45, 2.75) is 18.9 Å². The van der Waals surface area contributed by atoms with Crippen LogP contribution in [0.1, 0.15) is 30.0 Å². The van der Waals surface area contributed by atoms with E-state index in [1.165, 1.54) is 29.2 Å². The molecule has 0 radical (unpaired) electrons. The van der Waals surface area contributed by atoms with Gasteiger partial charge >= 0.3 is 0 Å². The summed E-state index contributed by atoms with van der Waals surface area (Å²) in [6.07, 6.45) is -0.205. The molecule has 9 heteroatoms. The lowest BCUT2D eigenvalue weighted by atomic mass is 9.95. The molecule has 0 unspecified atom stereocenters. The van der Waals surface area contributed by atoms with Crippen molar-refractivity contribution in [2.24, 2.45) is 0 Å². The number of aliphatic hydroxyl groups is 1. The van der Waals surface area contributed by atoms with E-state index in [0.717, 1.165) is 0 Å². The van der Waals surface area contributed by atoms with E-state index in [-0.39, 0.29) is 36.2 Å². The highest BCUT2D eigenvalue weighted by atomic mass is 16.6. The van der Waals surface area contributed by atoms with Crippen LogP contribution in [0.15, 0.2) is 60.2 Å². The first-order valence-electron chi connectivity index (χ1n) is 9.09. The summed E-state index contributed by atoms with van der Waals surface area (Å²) < 4.78 is 0. The molecule has 1 aliphatic rings. The number of amides is 1. The SMILES string of the molecule is O=C([O-])CCCN1C(=O)C(=O)/C(=C(/O)c2ccc([N+](=O)[O-])cc2)[C@H]1c1ccccc1. The third kappa shape index (κ3) is 4.04. The highest BCUT2D eigenvalue weighted by Crippen LogP contribution is 2.39. The molecule has 2 aromatic carbocycles. The molecule has 1 N–H and O–H groups in total. The number of carboxylic acids is 1. The molecule has 1 heterocycles. The second kappa shape index (κ2) is 8.56. The summed E-state index contributed by atoms with van der Waals surface area (Å²) in [4.78, 5) is 47.6. The predicted octanol–water partition coefficient (Wildman–Crippen LogP) is 1.55. The van der Waals surface area contributed by atoms with Crippen molar-refractivity contribution in [2.75, 3.05) is 6.54 Å². The maximum absolute atomic E-state index is 12.7. The van der Waals surface area contributed by atoms with Crippen LogP contribution in [0.25, 0.3) is 5.76 Å². The maximum atomic E-state index is 12.7. The number of nitro groups is 1. The van der Waals surface area contributed by atoms with Gasteiger partial charge in [0.1, 0.15) is 5.76 Å². The van der Waals surface area contributed by atoms with E-state index in [9.17, 15) is 34.7 Å². The Bertz CT molecular complexity index is 1030. The zero-order valence-electron chi connectivity index (χ0n) is 15.7. The minimum atomic E-state index is -1.27. The van der Waals surface area contributed by atoms with Crippen molar-refractivity contribution in [1.82, 2.24) is 4.90 Å². The molecule has 1 aliphatic heterocycles. The monoisotopic (exact) mass is 409 g/mol. The number of aliphatic hydroxyl groups excluding tert-OH is 1. The number of ketones is 1. The van der Waals surface area contributed by atoms with Crippen LogP contribution in [0.4, 0.5) is 5.69 Å². The van der Waals surface area contributed by atoms with E-state index in [4.69, 9.17) is 0 Å². The van der Waals surface area contributed by atoms with E-state index in [1.54, 1.807) is 30.3 Å². The minimum absolute atomic E-state index is 0.0187. The van der Waals surface area contributed by atoms with Crippen molar-refractivity contribution in [3.63, 3.8) is 0 Å².